The van der Waals surface area contributed by atoms with Crippen LogP contribution in [0.5, 0.6) is 0 Å². The van der Waals surface area contributed by atoms with E-state index in [9.17, 15) is 19.5 Å². The van der Waals surface area contributed by atoms with E-state index >= 15 is 0 Å². The Morgan fingerprint density at radius 2 is 1.71 bits per heavy atom. The number of Topliss-reactive ketones (excluding diaryl/α,β-unsaturated/α-hetero) is 1. The number of ether oxygens (including phenoxy) is 1. The first-order chi connectivity index (χ1) is 16.4. The molecule has 2 aromatic carbocycles. The molecule has 0 aliphatic carbocycles. The molecule has 1 atom stereocenters. The van der Waals surface area contributed by atoms with Gasteiger partial charge >= 0.3 is 0 Å². The predicted molar refractivity (Wildman–Crippen MR) is 129 cm³/mol. The second-order valence-electron chi connectivity index (χ2n) is 8.76. The Morgan fingerprint density at radius 3 is 2.38 bits per heavy atom. The van der Waals surface area contributed by atoms with Gasteiger partial charge in [0.15, 0.2) is 5.54 Å². The smallest absolute Gasteiger partial charge is 0.296 e. The van der Waals surface area contributed by atoms with E-state index in [2.05, 4.69) is 0 Å². The molecule has 2 aliphatic heterocycles. The summed E-state index contributed by atoms with van der Waals surface area (Å²) in [6.07, 6.45) is 2.09. The molecule has 2 aromatic rings. The number of carbonyl (C=O) groups excluding carboxylic acids is 3. The quantitative estimate of drug-likeness (QED) is 0.279. The average Bonchev–Trinajstić information content (AvgIpc) is 3.21. The minimum Gasteiger partial charge on any atom is -0.507 e. The van der Waals surface area contributed by atoms with E-state index in [1.807, 2.05) is 38.1 Å². The Hall–Kier alpha value is -3.45. The molecular weight excluding hydrogens is 432 g/mol. The lowest BCUT2D eigenvalue weighted by Gasteiger charge is -2.34. The van der Waals surface area contributed by atoms with Crippen LogP contribution in [-0.4, -0.2) is 54.4 Å². The van der Waals surface area contributed by atoms with Crippen molar-refractivity contribution in [1.29, 1.82) is 0 Å². The van der Waals surface area contributed by atoms with E-state index < -0.39 is 17.2 Å². The van der Waals surface area contributed by atoms with E-state index in [4.69, 9.17) is 4.74 Å². The van der Waals surface area contributed by atoms with Crippen LogP contribution in [0.25, 0.3) is 5.76 Å². The number of ketones is 1. The fourth-order valence-electron chi connectivity index (χ4n) is 4.93. The van der Waals surface area contributed by atoms with Gasteiger partial charge in [0.25, 0.3) is 17.6 Å². The zero-order chi connectivity index (χ0) is 24.5. The van der Waals surface area contributed by atoms with Gasteiger partial charge in [0.2, 0.25) is 0 Å². The van der Waals surface area contributed by atoms with Crippen LogP contribution in [0.3, 0.4) is 0 Å². The fraction of sp³-hybridized carbons (Fsp3) is 0.370. The van der Waals surface area contributed by atoms with Gasteiger partial charge < -0.3 is 19.6 Å². The number of aliphatic hydroxyl groups is 1. The normalized spacial score (nSPS) is 21.1. The lowest BCUT2D eigenvalue weighted by atomic mass is 9.81. The molecule has 0 radical (unpaired) electrons. The summed E-state index contributed by atoms with van der Waals surface area (Å²) >= 11 is 0. The van der Waals surface area contributed by atoms with Crippen molar-refractivity contribution in [3.63, 3.8) is 0 Å². The van der Waals surface area contributed by atoms with Gasteiger partial charge in [0.1, 0.15) is 5.76 Å². The van der Waals surface area contributed by atoms with Crippen LogP contribution in [0.15, 0.2) is 54.1 Å². The number of amides is 2. The van der Waals surface area contributed by atoms with E-state index in [-0.39, 0.29) is 23.8 Å². The minimum absolute atomic E-state index is 0.144. The number of nitrogens with zero attached hydrogens (tertiary/aromatic N) is 2. The number of hydrogen-bond acceptors (Lipinski definition) is 5. The van der Waals surface area contributed by atoms with Gasteiger partial charge in [-0.15, -0.1) is 0 Å². The van der Waals surface area contributed by atoms with Gasteiger partial charge in [0, 0.05) is 37.9 Å². The number of aliphatic hydroxyl groups excluding tert-OH is 1. The highest BCUT2D eigenvalue weighted by molar-refractivity contribution is 6.50. The van der Waals surface area contributed by atoms with Gasteiger partial charge in [-0.05, 0) is 25.8 Å². The van der Waals surface area contributed by atoms with Gasteiger partial charge in [-0.1, -0.05) is 61.4 Å². The predicted octanol–water partition coefficient (Wildman–Crippen LogP) is 3.75. The molecule has 2 aliphatic rings. The van der Waals surface area contributed by atoms with Crippen molar-refractivity contribution in [2.45, 2.75) is 38.6 Å². The Balaban J connectivity index is 1.99. The molecule has 7 nitrogen and oxygen atoms in total. The molecule has 34 heavy (non-hydrogen) atoms. The molecule has 0 unspecified atom stereocenters. The van der Waals surface area contributed by atoms with E-state index in [0.29, 0.717) is 36.4 Å². The third kappa shape index (κ3) is 3.51. The van der Waals surface area contributed by atoms with Crippen LogP contribution < -0.4 is 4.90 Å². The zero-order valence-corrected chi connectivity index (χ0v) is 19.8. The Morgan fingerprint density at radius 1 is 1.00 bits per heavy atom. The van der Waals surface area contributed by atoms with Crippen molar-refractivity contribution >= 4 is 29.0 Å². The average molecular weight is 463 g/mol. The Labute approximate surface area is 199 Å². The summed E-state index contributed by atoms with van der Waals surface area (Å²) in [6.45, 7) is 4.92. The molecule has 1 fully saturated rings. The molecule has 1 saturated heterocycles. The van der Waals surface area contributed by atoms with E-state index in [0.717, 1.165) is 18.4 Å². The van der Waals surface area contributed by atoms with Gasteiger partial charge in [-0.2, -0.15) is 0 Å². The van der Waals surface area contributed by atoms with Crippen LogP contribution in [0, 0.1) is 6.92 Å². The summed E-state index contributed by atoms with van der Waals surface area (Å²) in [5, 5.41) is 11.4. The fourth-order valence-corrected chi connectivity index (χ4v) is 4.93. The third-order valence-corrected chi connectivity index (χ3v) is 6.60. The van der Waals surface area contributed by atoms with Crippen molar-refractivity contribution < 1.29 is 24.2 Å². The number of likely N-dealkylation sites (tertiary alicyclic amines) is 1. The number of rotatable bonds is 8. The maximum absolute atomic E-state index is 14.2. The monoisotopic (exact) mass is 462 g/mol. The Bertz CT molecular complexity index is 1150. The third-order valence-electron chi connectivity index (χ3n) is 6.60. The molecule has 2 amide bonds. The van der Waals surface area contributed by atoms with Crippen molar-refractivity contribution in [2.75, 3.05) is 31.7 Å². The molecule has 1 spiro atoms. The Kier molecular flexibility index (Phi) is 6.57. The maximum Gasteiger partial charge on any atom is 0.296 e. The highest BCUT2D eigenvalue weighted by atomic mass is 16.5. The van der Waals surface area contributed by atoms with Crippen molar-refractivity contribution in [1.82, 2.24) is 4.90 Å². The molecule has 0 bridgehead atoms. The summed E-state index contributed by atoms with van der Waals surface area (Å²) in [5.74, 6) is -2.36. The van der Waals surface area contributed by atoms with Crippen LogP contribution in [0.1, 0.15) is 42.9 Å². The summed E-state index contributed by atoms with van der Waals surface area (Å²) in [7, 11) is 1.56. The van der Waals surface area contributed by atoms with Crippen LogP contribution in [-0.2, 0) is 24.7 Å². The van der Waals surface area contributed by atoms with E-state index in [1.54, 1.807) is 36.3 Å². The lowest BCUT2D eigenvalue weighted by Crippen LogP contribution is -2.52. The van der Waals surface area contributed by atoms with Crippen molar-refractivity contribution in [2.24, 2.45) is 0 Å². The number of carbonyl (C=O) groups is 3. The lowest BCUT2D eigenvalue weighted by molar-refractivity contribution is -0.143. The second-order valence-corrected chi connectivity index (χ2v) is 8.76. The SMILES string of the molecule is CCCCN1C(=O)[C@@]2(C(=C(O)c3ccc(C)cc3)C(=O)C(=O)N2CCCOC)c2ccccc21. The number of hydrogen-bond donors (Lipinski definition) is 1. The largest absolute Gasteiger partial charge is 0.507 e. The maximum atomic E-state index is 14.2. The standard InChI is InChI=1S/C27H30N2O5/c1-4-5-15-28-21-10-7-6-9-20(21)27(26(28)33)22(23(30)19-13-11-18(2)12-14-19)24(31)25(32)29(27)16-8-17-34-3/h6-7,9-14,30H,4-5,8,15-17H2,1-3H3/t27-/m0/s1. The summed E-state index contributed by atoms with van der Waals surface area (Å²) in [4.78, 5) is 44.0. The first-order valence-corrected chi connectivity index (χ1v) is 11.7. The summed E-state index contributed by atoms with van der Waals surface area (Å²) < 4.78 is 5.16. The van der Waals surface area contributed by atoms with Crippen molar-refractivity contribution in [3.8, 4) is 0 Å². The van der Waals surface area contributed by atoms with Crippen LogP contribution >= 0.6 is 0 Å². The molecule has 0 aromatic heterocycles. The topological polar surface area (TPSA) is 87.2 Å². The number of methoxy groups -OCH3 is 1. The molecule has 1 N–H and O–H groups in total. The highest BCUT2D eigenvalue weighted by Crippen LogP contribution is 2.53. The second kappa shape index (κ2) is 9.43. The number of benzene rings is 2. The van der Waals surface area contributed by atoms with E-state index in [1.165, 1.54) is 4.90 Å². The number of aryl methyl sites for hydroxylation is 1. The van der Waals surface area contributed by atoms with Gasteiger partial charge in [-0.3, -0.25) is 14.4 Å². The minimum atomic E-state index is -1.71. The number of unbranched alkanes of at least 4 members (excludes halogenated alkanes) is 1. The zero-order valence-electron chi connectivity index (χ0n) is 19.8. The highest BCUT2D eigenvalue weighted by Gasteiger charge is 2.66. The molecule has 2 heterocycles. The molecule has 0 saturated carbocycles. The molecule has 7 heteroatoms. The summed E-state index contributed by atoms with van der Waals surface area (Å²) in [6, 6.07) is 14.2. The van der Waals surface area contributed by atoms with Gasteiger partial charge in [0.05, 0.1) is 11.3 Å². The first-order valence-electron chi connectivity index (χ1n) is 11.7. The summed E-state index contributed by atoms with van der Waals surface area (Å²) in [5.41, 5.74) is 0.698. The van der Waals surface area contributed by atoms with Gasteiger partial charge in [-0.25, -0.2) is 0 Å². The number of anilines is 1. The molecular formula is C27H30N2O5. The number of fused-ring (bicyclic) bond motifs is 2. The first kappa shape index (κ1) is 23.7. The van der Waals surface area contributed by atoms with Crippen molar-refractivity contribution in [3.05, 3.63) is 70.8 Å². The van der Waals surface area contributed by atoms with Crippen LogP contribution in [0.4, 0.5) is 5.69 Å². The molecule has 4 rings (SSSR count). The van der Waals surface area contributed by atoms with Crippen LogP contribution in [0.2, 0.25) is 0 Å². The number of para-hydroxylation sites is 1. The molecule has 178 valence electrons.